The monoisotopic (exact) mass is 212 g/mol. The molecule has 0 saturated carbocycles. The van der Waals surface area contributed by atoms with Crippen LogP contribution >= 0.6 is 0 Å². The molecule has 1 heterocycles. The Hall–Kier alpha value is -1.40. The summed E-state index contributed by atoms with van der Waals surface area (Å²) in [6.45, 7) is 0.828. The highest BCUT2D eigenvalue weighted by Crippen LogP contribution is 1.93. The summed E-state index contributed by atoms with van der Waals surface area (Å²) in [5.41, 5.74) is 4.89. The third-order valence-corrected chi connectivity index (χ3v) is 2.11. The van der Waals surface area contributed by atoms with Gasteiger partial charge < -0.3 is 20.7 Å². The molecule has 1 unspecified atom stereocenters. The van der Waals surface area contributed by atoms with Crippen molar-refractivity contribution in [3.63, 3.8) is 0 Å². The van der Waals surface area contributed by atoms with Gasteiger partial charge in [0, 0.05) is 39.0 Å². The molecule has 1 aromatic rings. The largest absolute Gasteiger partial charge is 0.382 e. The van der Waals surface area contributed by atoms with Crippen LogP contribution in [0.1, 0.15) is 5.82 Å². The van der Waals surface area contributed by atoms with Gasteiger partial charge in [-0.05, 0) is 0 Å². The van der Waals surface area contributed by atoms with Crippen molar-refractivity contribution >= 4 is 5.91 Å². The summed E-state index contributed by atoms with van der Waals surface area (Å²) < 4.78 is 1.92. The number of primary amides is 1. The fourth-order valence-corrected chi connectivity index (χ4v) is 1.18. The predicted octanol–water partition coefficient (Wildman–Crippen LogP) is -1.60. The van der Waals surface area contributed by atoms with E-state index in [1.807, 2.05) is 17.8 Å². The molecule has 0 aliphatic rings. The quantitative estimate of drug-likeness (QED) is 0.495. The van der Waals surface area contributed by atoms with Crippen LogP contribution in [-0.4, -0.2) is 39.8 Å². The summed E-state index contributed by atoms with van der Waals surface area (Å²) in [6, 6.07) is 0. The lowest BCUT2D eigenvalue weighted by atomic mass is 10.3. The van der Waals surface area contributed by atoms with E-state index < -0.39 is 12.0 Å². The minimum Gasteiger partial charge on any atom is -0.382 e. The Morgan fingerprint density at radius 2 is 2.53 bits per heavy atom. The molecule has 84 valence electrons. The van der Waals surface area contributed by atoms with Gasteiger partial charge in [0.15, 0.2) is 0 Å². The van der Waals surface area contributed by atoms with Crippen molar-refractivity contribution in [3.05, 3.63) is 18.2 Å². The summed E-state index contributed by atoms with van der Waals surface area (Å²) in [5.74, 6) is 0.246. The minimum atomic E-state index is -1.12. The molecule has 0 aliphatic heterocycles. The van der Waals surface area contributed by atoms with Crippen LogP contribution in [-0.2, 0) is 18.3 Å². The van der Waals surface area contributed by atoms with E-state index in [1.165, 1.54) is 0 Å². The van der Waals surface area contributed by atoms with E-state index >= 15 is 0 Å². The Bertz CT molecular complexity index is 324. The zero-order valence-electron chi connectivity index (χ0n) is 8.68. The van der Waals surface area contributed by atoms with Crippen molar-refractivity contribution in [3.8, 4) is 0 Å². The molecule has 0 bridgehead atoms. The fourth-order valence-electron chi connectivity index (χ4n) is 1.18. The second-order valence-corrected chi connectivity index (χ2v) is 3.33. The van der Waals surface area contributed by atoms with Crippen LogP contribution in [0.3, 0.4) is 0 Å². The maximum atomic E-state index is 10.5. The van der Waals surface area contributed by atoms with E-state index in [4.69, 9.17) is 10.8 Å². The van der Waals surface area contributed by atoms with Crippen molar-refractivity contribution in [2.24, 2.45) is 12.8 Å². The molecule has 1 atom stereocenters. The first-order valence-electron chi connectivity index (χ1n) is 4.75. The van der Waals surface area contributed by atoms with Gasteiger partial charge in [0.1, 0.15) is 11.9 Å². The lowest BCUT2D eigenvalue weighted by Gasteiger charge is -2.07. The second-order valence-electron chi connectivity index (χ2n) is 3.33. The van der Waals surface area contributed by atoms with Crippen molar-refractivity contribution in [1.29, 1.82) is 0 Å². The first kappa shape index (κ1) is 11.7. The molecule has 0 spiro atoms. The van der Waals surface area contributed by atoms with Gasteiger partial charge in [-0.25, -0.2) is 4.98 Å². The van der Waals surface area contributed by atoms with Crippen LogP contribution in [0.5, 0.6) is 0 Å². The topological polar surface area (TPSA) is 93.2 Å². The average Bonchev–Trinajstić information content (AvgIpc) is 2.58. The van der Waals surface area contributed by atoms with E-state index in [9.17, 15) is 4.79 Å². The Morgan fingerprint density at radius 1 is 1.80 bits per heavy atom. The van der Waals surface area contributed by atoms with Gasteiger partial charge >= 0.3 is 0 Å². The highest BCUT2D eigenvalue weighted by atomic mass is 16.3. The van der Waals surface area contributed by atoms with Crippen molar-refractivity contribution in [2.45, 2.75) is 12.5 Å². The van der Waals surface area contributed by atoms with Gasteiger partial charge in [-0.2, -0.15) is 0 Å². The molecule has 1 rings (SSSR count). The lowest BCUT2D eigenvalue weighted by Crippen LogP contribution is -2.38. The molecule has 0 fully saturated rings. The van der Waals surface area contributed by atoms with E-state index in [2.05, 4.69) is 10.3 Å². The van der Waals surface area contributed by atoms with Gasteiger partial charge in [0.2, 0.25) is 5.91 Å². The van der Waals surface area contributed by atoms with Crippen molar-refractivity contribution < 1.29 is 9.90 Å². The first-order valence-corrected chi connectivity index (χ1v) is 4.75. The number of nitrogens with two attached hydrogens (primary N) is 1. The number of carbonyl (C=O) groups excluding carboxylic acids is 1. The third-order valence-electron chi connectivity index (χ3n) is 2.11. The zero-order valence-corrected chi connectivity index (χ0v) is 8.68. The normalized spacial score (nSPS) is 12.7. The van der Waals surface area contributed by atoms with Crippen molar-refractivity contribution in [2.75, 3.05) is 13.1 Å². The number of aliphatic hydroxyl groups excluding tert-OH is 1. The molecule has 1 aromatic heterocycles. The van der Waals surface area contributed by atoms with Gasteiger partial charge in [-0.1, -0.05) is 0 Å². The third kappa shape index (κ3) is 3.69. The number of aryl methyl sites for hydroxylation is 1. The first-order chi connectivity index (χ1) is 7.11. The van der Waals surface area contributed by atoms with Crippen LogP contribution < -0.4 is 11.1 Å². The molecule has 6 heteroatoms. The van der Waals surface area contributed by atoms with Crippen LogP contribution in [0.25, 0.3) is 0 Å². The maximum absolute atomic E-state index is 10.5. The highest BCUT2D eigenvalue weighted by Gasteiger charge is 2.09. The number of nitrogens with zero attached hydrogens (tertiary/aromatic N) is 2. The van der Waals surface area contributed by atoms with E-state index in [0.29, 0.717) is 6.54 Å². The number of rotatable bonds is 6. The molecular weight excluding hydrogens is 196 g/mol. The summed E-state index contributed by atoms with van der Waals surface area (Å²) in [5, 5.41) is 12.0. The number of hydrogen-bond donors (Lipinski definition) is 3. The fraction of sp³-hybridized carbons (Fsp3) is 0.556. The summed E-state index contributed by atoms with van der Waals surface area (Å²) >= 11 is 0. The summed E-state index contributed by atoms with van der Waals surface area (Å²) in [7, 11) is 1.92. The lowest BCUT2D eigenvalue weighted by molar-refractivity contribution is -0.125. The second kappa shape index (κ2) is 5.47. The van der Waals surface area contributed by atoms with Crippen LogP contribution in [0.2, 0.25) is 0 Å². The Labute approximate surface area is 88.1 Å². The number of nitrogens with one attached hydrogen (secondary N) is 1. The molecule has 0 aromatic carbocycles. The van der Waals surface area contributed by atoms with Gasteiger partial charge in [0.05, 0.1) is 0 Å². The number of hydrogen-bond acceptors (Lipinski definition) is 4. The number of carbonyl (C=O) groups is 1. The van der Waals surface area contributed by atoms with E-state index in [1.54, 1.807) is 6.20 Å². The Morgan fingerprint density at radius 3 is 3.07 bits per heavy atom. The Kier molecular flexibility index (Phi) is 4.26. The maximum Gasteiger partial charge on any atom is 0.247 e. The number of imidazole rings is 1. The van der Waals surface area contributed by atoms with Gasteiger partial charge in [-0.3, -0.25) is 4.79 Å². The zero-order chi connectivity index (χ0) is 11.3. The molecule has 15 heavy (non-hydrogen) atoms. The highest BCUT2D eigenvalue weighted by molar-refractivity contribution is 5.78. The molecule has 1 amide bonds. The van der Waals surface area contributed by atoms with E-state index in [0.717, 1.165) is 12.2 Å². The smallest absolute Gasteiger partial charge is 0.247 e. The average molecular weight is 212 g/mol. The van der Waals surface area contributed by atoms with Crippen molar-refractivity contribution in [1.82, 2.24) is 14.9 Å². The standard InChI is InChI=1S/C9H16N4O2/c1-13-5-4-12-8(13)2-3-11-6-7(14)9(10)15/h4-5,7,11,14H,2-3,6H2,1H3,(H2,10,15). The van der Waals surface area contributed by atoms with Crippen LogP contribution in [0.4, 0.5) is 0 Å². The molecular formula is C9H16N4O2. The van der Waals surface area contributed by atoms with Gasteiger partial charge in [0.25, 0.3) is 0 Å². The summed E-state index contributed by atoms with van der Waals surface area (Å²) in [6.07, 6.45) is 3.22. The molecule has 0 radical (unpaired) electrons. The van der Waals surface area contributed by atoms with Crippen LogP contribution in [0, 0.1) is 0 Å². The van der Waals surface area contributed by atoms with Crippen LogP contribution in [0.15, 0.2) is 12.4 Å². The number of aliphatic hydroxyl groups is 1. The number of aromatic nitrogens is 2. The Balaban J connectivity index is 2.17. The molecule has 0 saturated heterocycles. The molecule has 6 nitrogen and oxygen atoms in total. The summed E-state index contributed by atoms with van der Waals surface area (Å²) in [4.78, 5) is 14.6. The minimum absolute atomic E-state index is 0.180. The van der Waals surface area contributed by atoms with Gasteiger partial charge in [-0.15, -0.1) is 0 Å². The van der Waals surface area contributed by atoms with E-state index in [-0.39, 0.29) is 6.54 Å². The predicted molar refractivity (Wildman–Crippen MR) is 55.0 cm³/mol. The molecule has 4 N–H and O–H groups in total. The SMILES string of the molecule is Cn1ccnc1CCNCC(O)C(N)=O. The molecule has 0 aliphatic carbocycles. The number of amides is 1.